The molecule has 6 rings (SSSR count). The third-order valence-corrected chi connectivity index (χ3v) is 7.98. The van der Waals surface area contributed by atoms with E-state index >= 15 is 0 Å². The predicted molar refractivity (Wildman–Crippen MR) is 162 cm³/mol. The first-order chi connectivity index (χ1) is 20.0. The van der Waals surface area contributed by atoms with Crippen molar-refractivity contribution < 1.29 is 9.59 Å². The maximum absolute atomic E-state index is 13.2. The molecule has 4 aromatic rings. The van der Waals surface area contributed by atoms with Crippen LogP contribution >= 0.6 is 0 Å². The maximum Gasteiger partial charge on any atom is 0.254 e. The summed E-state index contributed by atoms with van der Waals surface area (Å²) in [6.07, 6.45) is 2.26. The van der Waals surface area contributed by atoms with Gasteiger partial charge in [0.05, 0.1) is 5.69 Å². The molecule has 1 aliphatic heterocycles. The number of rotatable bonds is 8. The van der Waals surface area contributed by atoms with Gasteiger partial charge in [0.15, 0.2) is 5.82 Å². The maximum atomic E-state index is 13.2. The van der Waals surface area contributed by atoms with E-state index in [2.05, 4.69) is 51.5 Å². The van der Waals surface area contributed by atoms with Crippen molar-refractivity contribution in [2.45, 2.75) is 19.8 Å². The molecule has 1 aromatic heterocycles. The van der Waals surface area contributed by atoms with Gasteiger partial charge >= 0.3 is 0 Å². The highest BCUT2D eigenvalue weighted by molar-refractivity contribution is 5.96. The summed E-state index contributed by atoms with van der Waals surface area (Å²) in [4.78, 5) is 32.2. The van der Waals surface area contributed by atoms with E-state index in [0.29, 0.717) is 44.2 Å². The molecule has 2 heterocycles. The van der Waals surface area contributed by atoms with Gasteiger partial charge in [-0.05, 0) is 61.1 Å². The number of nitrogens with zero attached hydrogens (tertiary/aromatic N) is 5. The van der Waals surface area contributed by atoms with Crippen molar-refractivity contribution in [3.8, 4) is 22.4 Å². The van der Waals surface area contributed by atoms with Crippen LogP contribution in [-0.2, 0) is 4.79 Å². The Labute approximate surface area is 241 Å². The highest BCUT2D eigenvalue weighted by Gasteiger charge is 2.30. The molecular formula is C34H35N5O2. The number of piperazine rings is 1. The second-order valence-corrected chi connectivity index (χ2v) is 11.1. The van der Waals surface area contributed by atoms with E-state index in [0.717, 1.165) is 35.5 Å². The summed E-state index contributed by atoms with van der Waals surface area (Å²) in [7, 11) is 0. The van der Waals surface area contributed by atoms with E-state index in [1.165, 1.54) is 11.1 Å². The number of aromatic nitrogens is 2. The molecule has 2 aliphatic rings. The number of carbonyl (C=O) groups excluding carboxylic acids is 2. The first kappa shape index (κ1) is 26.7. The quantitative estimate of drug-likeness (QED) is 0.300. The Balaban J connectivity index is 1.04. The van der Waals surface area contributed by atoms with Crippen molar-refractivity contribution in [1.29, 1.82) is 0 Å². The summed E-state index contributed by atoms with van der Waals surface area (Å²) in [5.41, 5.74) is 5.96. The fraction of sp³-hybridized carbons (Fsp3) is 0.294. The van der Waals surface area contributed by atoms with E-state index in [9.17, 15) is 9.59 Å². The highest BCUT2D eigenvalue weighted by Crippen LogP contribution is 2.30. The zero-order chi connectivity index (χ0) is 28.2. The zero-order valence-corrected chi connectivity index (χ0v) is 23.4. The van der Waals surface area contributed by atoms with Crippen LogP contribution in [0.1, 0.15) is 28.8 Å². The third kappa shape index (κ3) is 6.46. The van der Waals surface area contributed by atoms with Crippen LogP contribution in [0.4, 0.5) is 5.82 Å². The molecular weight excluding hydrogens is 510 g/mol. The molecule has 1 saturated carbocycles. The van der Waals surface area contributed by atoms with Crippen molar-refractivity contribution in [2.24, 2.45) is 5.92 Å². The summed E-state index contributed by atoms with van der Waals surface area (Å²) in [5, 5.41) is 8.99. The molecule has 0 radical (unpaired) electrons. The molecule has 1 saturated heterocycles. The first-order valence-electron chi connectivity index (χ1n) is 14.4. The van der Waals surface area contributed by atoms with Crippen LogP contribution in [0.15, 0.2) is 91.0 Å². The number of carbonyl (C=O) groups is 2. The average molecular weight is 546 g/mol. The number of anilines is 1. The molecule has 41 heavy (non-hydrogen) atoms. The fourth-order valence-corrected chi connectivity index (χ4v) is 5.27. The van der Waals surface area contributed by atoms with Crippen LogP contribution in [-0.4, -0.2) is 71.1 Å². The molecule has 0 spiro atoms. The summed E-state index contributed by atoms with van der Waals surface area (Å²) < 4.78 is 0. The van der Waals surface area contributed by atoms with Crippen molar-refractivity contribution in [3.63, 3.8) is 0 Å². The lowest BCUT2D eigenvalue weighted by molar-refractivity contribution is -0.132. The smallest absolute Gasteiger partial charge is 0.254 e. The lowest BCUT2D eigenvalue weighted by atomic mass is 10.0. The van der Waals surface area contributed by atoms with Crippen molar-refractivity contribution in [2.75, 3.05) is 44.2 Å². The average Bonchev–Trinajstić information content (AvgIpc) is 3.86. The van der Waals surface area contributed by atoms with Gasteiger partial charge in [-0.15, -0.1) is 10.2 Å². The minimum atomic E-state index is -0.0612. The van der Waals surface area contributed by atoms with Gasteiger partial charge in [-0.3, -0.25) is 9.59 Å². The molecule has 7 heteroatoms. The fourth-order valence-electron chi connectivity index (χ4n) is 5.27. The Morgan fingerprint density at radius 1 is 0.756 bits per heavy atom. The van der Waals surface area contributed by atoms with Crippen LogP contribution in [0.5, 0.6) is 0 Å². The Bertz CT molecular complexity index is 1480. The SMILES string of the molecule is Cc1ccc(C(=O)N(CC(=O)N2CCN(c3ccc(-c4ccc(-c5ccccc5)cc4)nn3)CC2)CC2CC2)cc1. The Kier molecular flexibility index (Phi) is 7.76. The predicted octanol–water partition coefficient (Wildman–Crippen LogP) is 5.32. The summed E-state index contributed by atoms with van der Waals surface area (Å²) >= 11 is 0. The topological polar surface area (TPSA) is 69.6 Å². The zero-order valence-electron chi connectivity index (χ0n) is 23.4. The van der Waals surface area contributed by atoms with Crippen molar-refractivity contribution in [3.05, 3.63) is 102 Å². The largest absolute Gasteiger partial charge is 0.352 e. The summed E-state index contributed by atoms with van der Waals surface area (Å²) in [5.74, 6) is 1.27. The van der Waals surface area contributed by atoms with Gasteiger partial charge in [-0.2, -0.15) is 0 Å². The van der Waals surface area contributed by atoms with Gasteiger partial charge in [0.25, 0.3) is 5.91 Å². The standard InChI is InChI=1S/C34H35N5O2/c1-25-7-11-30(12-8-25)34(41)39(23-26-9-10-26)24-33(40)38-21-19-37(20-22-38)32-18-17-31(35-36-32)29-15-13-28(14-16-29)27-5-3-2-4-6-27/h2-8,11-18,26H,9-10,19-24H2,1H3. The van der Waals surface area contributed by atoms with E-state index in [1.54, 1.807) is 4.90 Å². The third-order valence-electron chi connectivity index (χ3n) is 7.98. The second-order valence-electron chi connectivity index (χ2n) is 11.1. The molecule has 2 fully saturated rings. The van der Waals surface area contributed by atoms with Crippen LogP contribution in [0.2, 0.25) is 0 Å². The van der Waals surface area contributed by atoms with Crippen LogP contribution < -0.4 is 4.90 Å². The van der Waals surface area contributed by atoms with Crippen LogP contribution in [0.3, 0.4) is 0 Å². The Hall–Kier alpha value is -4.52. The molecule has 208 valence electrons. The van der Waals surface area contributed by atoms with Crippen molar-refractivity contribution >= 4 is 17.6 Å². The first-order valence-corrected chi connectivity index (χ1v) is 14.4. The normalized spacial score (nSPS) is 15.0. The highest BCUT2D eigenvalue weighted by atomic mass is 16.2. The Morgan fingerprint density at radius 2 is 1.41 bits per heavy atom. The molecule has 7 nitrogen and oxygen atoms in total. The van der Waals surface area contributed by atoms with E-state index in [-0.39, 0.29) is 18.4 Å². The van der Waals surface area contributed by atoms with Crippen molar-refractivity contribution in [1.82, 2.24) is 20.0 Å². The molecule has 2 amide bonds. The molecule has 0 unspecified atom stereocenters. The number of hydrogen-bond acceptors (Lipinski definition) is 5. The van der Waals surface area contributed by atoms with E-state index in [4.69, 9.17) is 0 Å². The van der Waals surface area contributed by atoms with E-state index in [1.807, 2.05) is 66.4 Å². The number of aryl methyl sites for hydroxylation is 1. The van der Waals surface area contributed by atoms with Gasteiger partial charge in [0.2, 0.25) is 5.91 Å². The number of benzene rings is 3. The molecule has 0 bridgehead atoms. The van der Waals surface area contributed by atoms with Crippen LogP contribution in [0, 0.1) is 12.8 Å². The number of amides is 2. The minimum absolute atomic E-state index is 0.00569. The van der Waals surface area contributed by atoms with Gasteiger partial charge in [-0.1, -0.05) is 72.3 Å². The van der Waals surface area contributed by atoms with Gasteiger partial charge in [0, 0.05) is 43.9 Å². The minimum Gasteiger partial charge on any atom is -0.352 e. The lowest BCUT2D eigenvalue weighted by Crippen LogP contribution is -2.52. The number of hydrogen-bond donors (Lipinski definition) is 0. The summed E-state index contributed by atoms with van der Waals surface area (Å²) in [6, 6.07) is 30.3. The molecule has 0 N–H and O–H groups in total. The molecule has 3 aromatic carbocycles. The second kappa shape index (κ2) is 11.9. The molecule has 0 atom stereocenters. The van der Waals surface area contributed by atoms with Gasteiger partial charge in [-0.25, -0.2) is 0 Å². The summed E-state index contributed by atoms with van der Waals surface area (Å²) in [6.45, 7) is 5.33. The lowest BCUT2D eigenvalue weighted by Gasteiger charge is -2.36. The van der Waals surface area contributed by atoms with E-state index < -0.39 is 0 Å². The van der Waals surface area contributed by atoms with Gasteiger partial charge in [0.1, 0.15) is 6.54 Å². The van der Waals surface area contributed by atoms with Gasteiger partial charge < -0.3 is 14.7 Å². The Morgan fingerprint density at radius 3 is 2.05 bits per heavy atom. The monoisotopic (exact) mass is 545 g/mol. The molecule has 1 aliphatic carbocycles. The van der Waals surface area contributed by atoms with Crippen LogP contribution in [0.25, 0.3) is 22.4 Å².